The van der Waals surface area contributed by atoms with Gasteiger partial charge in [-0.05, 0) is 99.7 Å². The molecule has 0 aromatic heterocycles. The third kappa shape index (κ3) is 6.98. The number of piperazine rings is 1. The van der Waals surface area contributed by atoms with E-state index < -0.39 is 5.82 Å². The highest BCUT2D eigenvalue weighted by molar-refractivity contribution is 6.31. The molecule has 0 spiro atoms. The normalized spacial score (nSPS) is 25.6. The average Bonchev–Trinajstić information content (AvgIpc) is 3.20. The zero-order valence-corrected chi connectivity index (χ0v) is 25.2. The number of Topliss-reactive ketones (excluding diaryl/α,β-unsaturated/α-hetero) is 1. The second-order valence-electron chi connectivity index (χ2n) is 12.7. The maximum Gasteiger partial charge on any atom is 0.154 e. The monoisotopic (exact) mass is 567 g/mol. The predicted octanol–water partition coefficient (Wildman–Crippen LogP) is 6.63. The zero-order chi connectivity index (χ0) is 28.1. The predicted molar refractivity (Wildman–Crippen MR) is 163 cm³/mol. The molecule has 6 heteroatoms. The molecular formula is C34H47ClFN3O. The molecule has 4 nitrogen and oxygen atoms in total. The summed E-state index contributed by atoms with van der Waals surface area (Å²) in [6.45, 7) is 10.8. The summed E-state index contributed by atoms with van der Waals surface area (Å²) < 4.78 is 14.6. The molecule has 218 valence electrons. The van der Waals surface area contributed by atoms with E-state index in [4.69, 9.17) is 11.6 Å². The van der Waals surface area contributed by atoms with E-state index in [0.717, 1.165) is 57.9 Å². The van der Waals surface area contributed by atoms with Crippen molar-refractivity contribution in [2.75, 3.05) is 39.3 Å². The number of halogens is 2. The van der Waals surface area contributed by atoms with E-state index in [0.29, 0.717) is 10.6 Å². The number of hydrogen-bond acceptors (Lipinski definition) is 4. The van der Waals surface area contributed by atoms with Crippen molar-refractivity contribution < 1.29 is 9.18 Å². The lowest BCUT2D eigenvalue weighted by molar-refractivity contribution is -0.120. The number of hydrogen-bond donors (Lipinski definition) is 1. The van der Waals surface area contributed by atoms with Gasteiger partial charge in [-0.1, -0.05) is 55.1 Å². The molecule has 2 aromatic carbocycles. The third-order valence-electron chi connectivity index (χ3n) is 10.1. The highest BCUT2D eigenvalue weighted by Crippen LogP contribution is 2.41. The first-order valence-corrected chi connectivity index (χ1v) is 16.0. The Labute approximate surface area is 245 Å². The van der Waals surface area contributed by atoms with E-state index >= 15 is 0 Å². The van der Waals surface area contributed by atoms with Crippen LogP contribution in [0.4, 0.5) is 4.39 Å². The quantitative estimate of drug-likeness (QED) is 0.388. The number of aryl methyl sites for hydroxylation is 2. The number of carbonyl (C=O) groups excluding carboxylic acids is 1. The molecule has 3 fully saturated rings. The van der Waals surface area contributed by atoms with Crippen molar-refractivity contribution in [3.8, 4) is 0 Å². The van der Waals surface area contributed by atoms with Gasteiger partial charge in [-0.15, -0.1) is 0 Å². The van der Waals surface area contributed by atoms with Crippen molar-refractivity contribution in [1.82, 2.24) is 15.1 Å². The first-order valence-electron chi connectivity index (χ1n) is 15.6. The number of carbonyl (C=O) groups is 1. The van der Waals surface area contributed by atoms with Crippen LogP contribution in [0.25, 0.3) is 0 Å². The number of nitrogens with one attached hydrogen (secondary N) is 1. The number of benzene rings is 2. The van der Waals surface area contributed by atoms with Crippen LogP contribution in [-0.4, -0.2) is 66.9 Å². The van der Waals surface area contributed by atoms with Crippen molar-refractivity contribution >= 4 is 17.4 Å². The Morgan fingerprint density at radius 2 is 1.80 bits per heavy atom. The first-order chi connectivity index (χ1) is 19.3. The molecule has 2 saturated heterocycles. The van der Waals surface area contributed by atoms with Crippen molar-refractivity contribution in [1.29, 1.82) is 0 Å². The molecule has 1 N–H and O–H groups in total. The molecule has 1 saturated carbocycles. The van der Waals surface area contributed by atoms with Gasteiger partial charge in [0.1, 0.15) is 5.82 Å². The Morgan fingerprint density at radius 1 is 1.02 bits per heavy atom. The molecule has 2 unspecified atom stereocenters. The molecule has 2 aromatic rings. The lowest BCUT2D eigenvalue weighted by Gasteiger charge is -2.42. The summed E-state index contributed by atoms with van der Waals surface area (Å²) in [7, 11) is 0. The Morgan fingerprint density at radius 3 is 2.52 bits per heavy atom. The van der Waals surface area contributed by atoms with Crippen molar-refractivity contribution in [3.05, 3.63) is 69.5 Å². The van der Waals surface area contributed by atoms with Crippen LogP contribution < -0.4 is 5.32 Å². The van der Waals surface area contributed by atoms with Crippen LogP contribution in [0.15, 0.2) is 36.4 Å². The summed E-state index contributed by atoms with van der Waals surface area (Å²) in [5.74, 6) is -0.370. The smallest absolute Gasteiger partial charge is 0.154 e. The maximum absolute atomic E-state index is 14.6. The summed E-state index contributed by atoms with van der Waals surface area (Å²) >= 11 is 6.30. The largest absolute Gasteiger partial charge is 0.307 e. The summed E-state index contributed by atoms with van der Waals surface area (Å²) in [6.07, 6.45) is 10.8. The van der Waals surface area contributed by atoms with Crippen LogP contribution in [-0.2, 0) is 16.6 Å². The van der Waals surface area contributed by atoms with Crippen molar-refractivity contribution in [2.24, 2.45) is 0 Å². The number of nitrogens with zero attached hydrogens (tertiary/aromatic N) is 2. The minimum atomic E-state index is -0.401. The van der Waals surface area contributed by atoms with E-state index in [1.807, 2.05) is 0 Å². The van der Waals surface area contributed by atoms with Crippen LogP contribution in [0, 0.1) is 19.7 Å². The molecule has 3 aliphatic rings. The maximum atomic E-state index is 14.6. The first kappa shape index (κ1) is 29.7. The fourth-order valence-corrected chi connectivity index (χ4v) is 7.60. The fourth-order valence-electron chi connectivity index (χ4n) is 7.37. The molecule has 2 aliphatic heterocycles. The van der Waals surface area contributed by atoms with E-state index in [2.05, 4.69) is 47.2 Å². The average molecular weight is 568 g/mol. The molecule has 5 rings (SSSR count). The Kier molecular flexibility index (Phi) is 9.99. The van der Waals surface area contributed by atoms with Gasteiger partial charge >= 0.3 is 0 Å². The van der Waals surface area contributed by atoms with Crippen molar-refractivity contribution in [3.63, 3.8) is 0 Å². The second kappa shape index (κ2) is 13.5. The van der Waals surface area contributed by atoms with Gasteiger partial charge in [0.25, 0.3) is 0 Å². The van der Waals surface area contributed by atoms with Gasteiger partial charge in [0.15, 0.2) is 5.78 Å². The molecule has 0 bridgehead atoms. The topological polar surface area (TPSA) is 35.6 Å². The van der Waals surface area contributed by atoms with E-state index in [9.17, 15) is 9.18 Å². The Bertz CT molecular complexity index is 1140. The molecule has 0 radical (unpaired) electrons. The standard InChI is InChI=1S/C34H47ClFN3O/c1-25-12-13-27(22-26(25)2)34(15-17-38-18-20-39(21-19-38)28-8-4-3-5-9-28)14-7-16-37-32(24-34)33(40)23-29-30(35)10-6-11-31(29)36/h6,10-13,22,28,32,37H,3-5,7-9,14-21,23-24H2,1-2H3. The van der Waals surface area contributed by atoms with Gasteiger partial charge in [0, 0.05) is 49.2 Å². The van der Waals surface area contributed by atoms with Gasteiger partial charge in [0.2, 0.25) is 0 Å². The fraction of sp³-hybridized carbons (Fsp3) is 0.618. The third-order valence-corrected chi connectivity index (χ3v) is 10.5. The summed E-state index contributed by atoms with van der Waals surface area (Å²) in [5, 5.41) is 3.86. The van der Waals surface area contributed by atoms with Gasteiger partial charge in [0.05, 0.1) is 6.04 Å². The van der Waals surface area contributed by atoms with Gasteiger partial charge in [-0.2, -0.15) is 0 Å². The Balaban J connectivity index is 1.32. The molecule has 1 aliphatic carbocycles. The number of rotatable bonds is 8. The van der Waals surface area contributed by atoms with Crippen LogP contribution >= 0.6 is 11.6 Å². The highest BCUT2D eigenvalue weighted by atomic mass is 35.5. The van der Waals surface area contributed by atoms with E-state index in [1.54, 1.807) is 12.1 Å². The van der Waals surface area contributed by atoms with Crippen LogP contribution in [0.2, 0.25) is 5.02 Å². The minimum absolute atomic E-state index is 0.0231. The summed E-state index contributed by atoms with van der Waals surface area (Å²) in [5.41, 5.74) is 4.17. The molecule has 2 heterocycles. The van der Waals surface area contributed by atoms with Gasteiger partial charge in [-0.25, -0.2) is 4.39 Å². The lowest BCUT2D eigenvalue weighted by atomic mass is 9.69. The molecular weight excluding hydrogens is 521 g/mol. The molecule has 2 atom stereocenters. The van der Waals surface area contributed by atoms with Crippen LogP contribution in [0.5, 0.6) is 0 Å². The molecule has 40 heavy (non-hydrogen) atoms. The zero-order valence-electron chi connectivity index (χ0n) is 24.5. The van der Waals surface area contributed by atoms with E-state index in [-0.39, 0.29) is 23.7 Å². The molecule has 0 amide bonds. The second-order valence-corrected chi connectivity index (χ2v) is 13.1. The summed E-state index contributed by atoms with van der Waals surface area (Å²) in [4.78, 5) is 19.0. The Hall–Kier alpha value is -1.79. The van der Waals surface area contributed by atoms with Crippen molar-refractivity contribution in [2.45, 2.75) is 95.6 Å². The van der Waals surface area contributed by atoms with Crippen LogP contribution in [0.1, 0.15) is 80.0 Å². The summed E-state index contributed by atoms with van der Waals surface area (Å²) in [6, 6.07) is 12.0. The van der Waals surface area contributed by atoms with E-state index in [1.165, 1.54) is 68.0 Å². The van der Waals surface area contributed by atoms with Gasteiger partial charge < -0.3 is 10.2 Å². The minimum Gasteiger partial charge on any atom is -0.307 e. The highest BCUT2D eigenvalue weighted by Gasteiger charge is 2.39. The van der Waals surface area contributed by atoms with Crippen LogP contribution in [0.3, 0.4) is 0 Å². The number of ketones is 1. The SMILES string of the molecule is Cc1ccc(C2(CCN3CCN(C4CCCCC4)CC3)CCCNC(C(=O)Cc3c(F)cccc3Cl)C2)cc1C. The lowest BCUT2D eigenvalue weighted by Crippen LogP contribution is -2.51. The van der Waals surface area contributed by atoms with Gasteiger partial charge in [-0.3, -0.25) is 9.69 Å².